The standard InChI is InChI=1S/C24H27N5O4/c1-16(2)12-13-31-14-18-8-6-17(7-9-18)10-11-22(30)25-19-4-3-5-20-23(19)33-21(15-32-20)24-26-28-29-27-24/h3-11,16,21H,12-15H2,1-2H3,(H,25,30)(H,26,27,28,29)/b11-10+. The van der Waals surface area contributed by atoms with E-state index in [1.54, 1.807) is 24.3 Å². The van der Waals surface area contributed by atoms with E-state index >= 15 is 0 Å². The zero-order chi connectivity index (χ0) is 23.0. The molecule has 4 rings (SSSR count). The molecule has 0 aliphatic carbocycles. The molecule has 0 spiro atoms. The van der Waals surface area contributed by atoms with Gasteiger partial charge in [-0.15, -0.1) is 5.10 Å². The molecule has 1 unspecified atom stereocenters. The van der Waals surface area contributed by atoms with Gasteiger partial charge in [0.2, 0.25) is 5.91 Å². The number of carbonyl (C=O) groups excluding carboxylic acids is 1. The van der Waals surface area contributed by atoms with Gasteiger partial charge in [0.15, 0.2) is 23.4 Å². The van der Waals surface area contributed by atoms with Crippen molar-refractivity contribution in [1.82, 2.24) is 20.6 Å². The summed E-state index contributed by atoms with van der Waals surface area (Å²) in [5.41, 5.74) is 2.53. The van der Waals surface area contributed by atoms with E-state index < -0.39 is 6.10 Å². The second-order valence-corrected chi connectivity index (χ2v) is 8.14. The first kappa shape index (κ1) is 22.5. The summed E-state index contributed by atoms with van der Waals surface area (Å²) in [5.74, 6) is 1.79. The average Bonchev–Trinajstić information content (AvgIpc) is 3.36. The lowest BCUT2D eigenvalue weighted by molar-refractivity contribution is -0.111. The van der Waals surface area contributed by atoms with Crippen molar-refractivity contribution in [3.05, 3.63) is 65.5 Å². The molecule has 172 valence electrons. The van der Waals surface area contributed by atoms with Crippen LogP contribution in [0.1, 0.15) is 43.3 Å². The molecule has 2 heterocycles. The third-order valence-electron chi connectivity index (χ3n) is 5.07. The number of nitrogens with zero attached hydrogens (tertiary/aromatic N) is 3. The van der Waals surface area contributed by atoms with Crippen molar-refractivity contribution in [3.63, 3.8) is 0 Å². The summed E-state index contributed by atoms with van der Waals surface area (Å²) < 4.78 is 17.4. The van der Waals surface area contributed by atoms with Crippen molar-refractivity contribution in [3.8, 4) is 11.5 Å². The number of aromatic nitrogens is 4. The maximum atomic E-state index is 12.5. The van der Waals surface area contributed by atoms with Crippen LogP contribution in [0.5, 0.6) is 11.5 Å². The number of hydrogen-bond donors (Lipinski definition) is 2. The highest BCUT2D eigenvalue weighted by atomic mass is 16.6. The molecule has 9 heteroatoms. The van der Waals surface area contributed by atoms with Crippen LogP contribution in [0.15, 0.2) is 48.5 Å². The van der Waals surface area contributed by atoms with Crippen molar-refractivity contribution in [2.24, 2.45) is 5.92 Å². The minimum absolute atomic E-state index is 0.264. The van der Waals surface area contributed by atoms with Crippen LogP contribution < -0.4 is 14.8 Å². The first-order valence-corrected chi connectivity index (χ1v) is 10.9. The van der Waals surface area contributed by atoms with Gasteiger partial charge in [-0.1, -0.05) is 44.2 Å². The first-order chi connectivity index (χ1) is 16.1. The second-order valence-electron chi connectivity index (χ2n) is 8.14. The third kappa shape index (κ3) is 6.17. The van der Waals surface area contributed by atoms with Crippen molar-refractivity contribution >= 4 is 17.7 Å². The van der Waals surface area contributed by atoms with Crippen molar-refractivity contribution in [1.29, 1.82) is 0 Å². The number of para-hydroxylation sites is 1. The van der Waals surface area contributed by atoms with Gasteiger partial charge in [-0.25, -0.2) is 5.10 Å². The molecule has 0 bridgehead atoms. The molecular formula is C24H27N5O4. The number of ether oxygens (including phenoxy) is 3. The SMILES string of the molecule is CC(C)CCOCc1ccc(/C=C/C(=O)Nc2cccc3c2OC(c2nnn[nH]2)CO3)cc1. The fourth-order valence-corrected chi connectivity index (χ4v) is 3.21. The van der Waals surface area contributed by atoms with Gasteiger partial charge in [0.05, 0.1) is 12.3 Å². The van der Waals surface area contributed by atoms with Gasteiger partial charge >= 0.3 is 0 Å². The highest BCUT2D eigenvalue weighted by Crippen LogP contribution is 2.41. The van der Waals surface area contributed by atoms with E-state index in [1.165, 1.54) is 6.08 Å². The van der Waals surface area contributed by atoms with E-state index in [-0.39, 0.29) is 12.5 Å². The molecular weight excluding hydrogens is 422 g/mol. The zero-order valence-corrected chi connectivity index (χ0v) is 18.7. The molecule has 2 aromatic carbocycles. The number of aromatic amines is 1. The number of amides is 1. The molecule has 2 N–H and O–H groups in total. The number of hydrogen-bond acceptors (Lipinski definition) is 7. The summed E-state index contributed by atoms with van der Waals surface area (Å²) in [7, 11) is 0. The topological polar surface area (TPSA) is 111 Å². The summed E-state index contributed by atoms with van der Waals surface area (Å²) >= 11 is 0. The maximum Gasteiger partial charge on any atom is 0.248 e. The molecule has 1 aliphatic rings. The highest BCUT2D eigenvalue weighted by Gasteiger charge is 2.27. The van der Waals surface area contributed by atoms with Crippen molar-refractivity contribution in [2.45, 2.75) is 33.0 Å². The molecule has 1 aromatic heterocycles. The average molecular weight is 450 g/mol. The summed E-state index contributed by atoms with van der Waals surface area (Å²) in [5, 5.41) is 16.5. The number of anilines is 1. The Morgan fingerprint density at radius 3 is 2.88 bits per heavy atom. The van der Waals surface area contributed by atoms with Crippen molar-refractivity contribution in [2.75, 3.05) is 18.5 Å². The lowest BCUT2D eigenvalue weighted by Crippen LogP contribution is -2.24. The van der Waals surface area contributed by atoms with Gasteiger partial charge in [0, 0.05) is 12.7 Å². The van der Waals surface area contributed by atoms with Gasteiger partial charge in [-0.2, -0.15) is 0 Å². The van der Waals surface area contributed by atoms with E-state index in [4.69, 9.17) is 14.2 Å². The fraction of sp³-hybridized carbons (Fsp3) is 0.333. The molecule has 1 amide bonds. The highest BCUT2D eigenvalue weighted by molar-refractivity contribution is 6.03. The van der Waals surface area contributed by atoms with Gasteiger partial charge in [0.25, 0.3) is 0 Å². The van der Waals surface area contributed by atoms with Crippen LogP contribution in [0, 0.1) is 5.92 Å². The molecule has 9 nitrogen and oxygen atoms in total. The zero-order valence-electron chi connectivity index (χ0n) is 18.7. The van der Waals surface area contributed by atoms with Gasteiger partial charge < -0.3 is 19.5 Å². The van der Waals surface area contributed by atoms with Crippen LogP contribution >= 0.6 is 0 Å². The number of nitrogens with one attached hydrogen (secondary N) is 2. The lowest BCUT2D eigenvalue weighted by atomic mass is 10.1. The van der Waals surface area contributed by atoms with Crippen LogP contribution in [0.3, 0.4) is 0 Å². The van der Waals surface area contributed by atoms with Gasteiger partial charge in [0.1, 0.15) is 6.61 Å². The first-order valence-electron chi connectivity index (χ1n) is 10.9. The Bertz CT molecular complexity index is 1080. The normalized spacial score (nSPS) is 15.2. The summed E-state index contributed by atoms with van der Waals surface area (Å²) in [6.07, 6.45) is 3.80. The quantitative estimate of drug-likeness (QED) is 0.376. The van der Waals surface area contributed by atoms with E-state index in [2.05, 4.69) is 39.8 Å². The summed E-state index contributed by atoms with van der Waals surface area (Å²) in [4.78, 5) is 12.5. The van der Waals surface area contributed by atoms with Crippen LogP contribution in [0.25, 0.3) is 6.08 Å². The third-order valence-corrected chi connectivity index (χ3v) is 5.07. The second kappa shape index (κ2) is 10.7. The minimum Gasteiger partial charge on any atom is -0.485 e. The Kier molecular flexibility index (Phi) is 7.31. The molecule has 0 radical (unpaired) electrons. The van der Waals surface area contributed by atoms with Crippen LogP contribution in [0.2, 0.25) is 0 Å². The van der Waals surface area contributed by atoms with Crippen molar-refractivity contribution < 1.29 is 19.0 Å². The molecule has 33 heavy (non-hydrogen) atoms. The number of benzene rings is 2. The van der Waals surface area contributed by atoms with Crippen LogP contribution in [-0.2, 0) is 16.1 Å². The van der Waals surface area contributed by atoms with E-state index in [0.717, 1.165) is 24.2 Å². The Balaban J connectivity index is 1.34. The Hall–Kier alpha value is -3.72. The van der Waals surface area contributed by atoms with Gasteiger partial charge in [-0.3, -0.25) is 4.79 Å². The number of H-pyrrole nitrogens is 1. The Morgan fingerprint density at radius 2 is 2.12 bits per heavy atom. The number of fused-ring (bicyclic) bond motifs is 1. The monoisotopic (exact) mass is 449 g/mol. The maximum absolute atomic E-state index is 12.5. The van der Waals surface area contributed by atoms with E-state index in [0.29, 0.717) is 35.5 Å². The molecule has 0 fully saturated rings. The summed E-state index contributed by atoms with van der Waals surface area (Å²) in [6.45, 7) is 5.97. The fourth-order valence-electron chi connectivity index (χ4n) is 3.21. The number of tetrazole rings is 1. The Labute approximate surface area is 192 Å². The lowest BCUT2D eigenvalue weighted by Gasteiger charge is -2.26. The van der Waals surface area contributed by atoms with E-state index in [9.17, 15) is 4.79 Å². The number of carbonyl (C=O) groups is 1. The predicted molar refractivity (Wildman–Crippen MR) is 123 cm³/mol. The molecule has 1 atom stereocenters. The predicted octanol–water partition coefficient (Wildman–Crippen LogP) is 3.93. The Morgan fingerprint density at radius 1 is 1.27 bits per heavy atom. The van der Waals surface area contributed by atoms with Crippen LogP contribution in [0.4, 0.5) is 5.69 Å². The van der Waals surface area contributed by atoms with Gasteiger partial charge in [-0.05, 0) is 52.1 Å². The van der Waals surface area contributed by atoms with Crippen LogP contribution in [-0.4, -0.2) is 39.7 Å². The minimum atomic E-state index is -0.492. The van der Waals surface area contributed by atoms with E-state index in [1.807, 2.05) is 24.3 Å². The smallest absolute Gasteiger partial charge is 0.248 e. The summed E-state index contributed by atoms with van der Waals surface area (Å²) in [6, 6.07) is 13.3. The molecule has 0 saturated carbocycles. The number of rotatable bonds is 9. The molecule has 1 aliphatic heterocycles. The molecule has 0 saturated heterocycles. The molecule has 3 aromatic rings. The largest absolute Gasteiger partial charge is 0.485 e.